The van der Waals surface area contributed by atoms with Crippen molar-refractivity contribution in [2.75, 3.05) is 19.8 Å². The number of aliphatic hydroxyl groups excluding tert-OH is 1. The van der Waals surface area contributed by atoms with Crippen molar-refractivity contribution in [2.24, 2.45) is 11.8 Å². The number of carbonyl (C=O) groups excluding carboxylic acids is 1. The third kappa shape index (κ3) is 4.59. The van der Waals surface area contributed by atoms with Crippen molar-refractivity contribution in [3.05, 3.63) is 0 Å². The van der Waals surface area contributed by atoms with Crippen LogP contribution in [0.25, 0.3) is 0 Å². The standard InChI is InChI=1S/C17H31NO4/c1-12-6-5-7-13(10-12)15(19)14-11-21-9-8-18(14)16(20)22-17(2,3)4/h12-15,19H,5-11H2,1-4H3. The van der Waals surface area contributed by atoms with Crippen molar-refractivity contribution < 1.29 is 19.4 Å². The summed E-state index contributed by atoms with van der Waals surface area (Å²) in [6.07, 6.45) is 3.58. The van der Waals surface area contributed by atoms with Gasteiger partial charge < -0.3 is 14.6 Å². The normalized spacial score (nSPS) is 31.7. The van der Waals surface area contributed by atoms with Gasteiger partial charge >= 0.3 is 6.09 Å². The van der Waals surface area contributed by atoms with Crippen LogP contribution >= 0.6 is 0 Å². The molecule has 1 aliphatic carbocycles. The van der Waals surface area contributed by atoms with Crippen LogP contribution in [0.15, 0.2) is 0 Å². The van der Waals surface area contributed by atoms with Crippen LogP contribution in [-0.2, 0) is 9.47 Å². The molecule has 1 heterocycles. The molecule has 2 fully saturated rings. The molecular weight excluding hydrogens is 282 g/mol. The van der Waals surface area contributed by atoms with E-state index in [0.717, 1.165) is 19.3 Å². The highest BCUT2D eigenvalue weighted by molar-refractivity contribution is 5.68. The molecule has 1 aliphatic heterocycles. The Morgan fingerprint density at radius 3 is 2.73 bits per heavy atom. The Balaban J connectivity index is 2.03. The van der Waals surface area contributed by atoms with E-state index in [2.05, 4.69) is 6.92 Å². The molecule has 0 spiro atoms. The van der Waals surface area contributed by atoms with E-state index in [-0.39, 0.29) is 18.1 Å². The molecule has 128 valence electrons. The van der Waals surface area contributed by atoms with E-state index in [1.807, 2.05) is 20.8 Å². The molecule has 22 heavy (non-hydrogen) atoms. The van der Waals surface area contributed by atoms with Gasteiger partial charge in [0, 0.05) is 6.54 Å². The number of hydrogen-bond acceptors (Lipinski definition) is 4. The van der Waals surface area contributed by atoms with Crippen LogP contribution in [0, 0.1) is 11.8 Å². The summed E-state index contributed by atoms with van der Waals surface area (Å²) in [5, 5.41) is 10.8. The van der Waals surface area contributed by atoms with Crippen LogP contribution in [0.3, 0.4) is 0 Å². The minimum Gasteiger partial charge on any atom is -0.444 e. The lowest BCUT2D eigenvalue weighted by Gasteiger charge is -2.42. The molecule has 1 N–H and O–H groups in total. The van der Waals surface area contributed by atoms with Crippen molar-refractivity contribution in [3.63, 3.8) is 0 Å². The molecule has 5 nitrogen and oxygen atoms in total. The fraction of sp³-hybridized carbons (Fsp3) is 0.941. The smallest absolute Gasteiger partial charge is 0.410 e. The quantitative estimate of drug-likeness (QED) is 0.851. The maximum Gasteiger partial charge on any atom is 0.410 e. The Hall–Kier alpha value is -0.810. The monoisotopic (exact) mass is 313 g/mol. The van der Waals surface area contributed by atoms with Gasteiger partial charge in [-0.2, -0.15) is 0 Å². The molecular formula is C17H31NO4. The number of aliphatic hydroxyl groups is 1. The highest BCUT2D eigenvalue weighted by Crippen LogP contribution is 2.33. The number of morpholine rings is 1. The molecule has 1 saturated heterocycles. The van der Waals surface area contributed by atoms with Gasteiger partial charge in [0.25, 0.3) is 0 Å². The van der Waals surface area contributed by atoms with Crippen LogP contribution in [0.2, 0.25) is 0 Å². The van der Waals surface area contributed by atoms with Crippen molar-refractivity contribution in [3.8, 4) is 0 Å². The molecule has 4 atom stereocenters. The highest BCUT2D eigenvalue weighted by atomic mass is 16.6. The summed E-state index contributed by atoms with van der Waals surface area (Å²) >= 11 is 0. The first kappa shape index (κ1) is 17.5. The molecule has 1 amide bonds. The molecule has 0 aromatic rings. The predicted octanol–water partition coefficient (Wildman–Crippen LogP) is 2.81. The zero-order chi connectivity index (χ0) is 16.3. The Morgan fingerprint density at radius 2 is 2.09 bits per heavy atom. The summed E-state index contributed by atoms with van der Waals surface area (Å²) in [4.78, 5) is 14.1. The number of rotatable bonds is 2. The lowest BCUT2D eigenvalue weighted by atomic mass is 9.77. The zero-order valence-electron chi connectivity index (χ0n) is 14.4. The molecule has 0 bridgehead atoms. The molecule has 5 heteroatoms. The van der Waals surface area contributed by atoms with Crippen LogP contribution in [0.1, 0.15) is 53.4 Å². The number of nitrogens with zero attached hydrogens (tertiary/aromatic N) is 1. The number of carbonyl (C=O) groups is 1. The Bertz CT molecular complexity index is 379. The van der Waals surface area contributed by atoms with Gasteiger partial charge in [0.05, 0.1) is 25.4 Å². The second-order valence-electron chi connectivity index (χ2n) is 7.84. The molecule has 4 unspecified atom stereocenters. The number of ether oxygens (including phenoxy) is 2. The van der Waals surface area contributed by atoms with Gasteiger partial charge in [0.2, 0.25) is 0 Å². The topological polar surface area (TPSA) is 59.0 Å². The Labute approximate surface area is 134 Å². The van der Waals surface area contributed by atoms with Crippen molar-refractivity contribution in [1.29, 1.82) is 0 Å². The molecule has 1 saturated carbocycles. The summed E-state index contributed by atoms with van der Waals surface area (Å²) in [5.74, 6) is 0.897. The van der Waals surface area contributed by atoms with E-state index in [4.69, 9.17) is 9.47 Å². The Kier molecular flexibility index (Phi) is 5.72. The van der Waals surface area contributed by atoms with Gasteiger partial charge in [-0.1, -0.05) is 19.8 Å². The molecule has 2 aliphatic rings. The first-order valence-corrected chi connectivity index (χ1v) is 8.53. The first-order valence-electron chi connectivity index (χ1n) is 8.53. The van der Waals surface area contributed by atoms with E-state index < -0.39 is 11.7 Å². The van der Waals surface area contributed by atoms with Gasteiger partial charge in [-0.05, 0) is 45.4 Å². The largest absolute Gasteiger partial charge is 0.444 e. The summed E-state index contributed by atoms with van der Waals surface area (Å²) in [6, 6.07) is -0.293. The lowest BCUT2D eigenvalue weighted by Crippen LogP contribution is -2.57. The first-order chi connectivity index (χ1) is 10.3. The highest BCUT2D eigenvalue weighted by Gasteiger charge is 2.39. The number of amides is 1. The second kappa shape index (κ2) is 7.18. The summed E-state index contributed by atoms with van der Waals surface area (Å²) in [6.45, 7) is 9.20. The van der Waals surface area contributed by atoms with Crippen LogP contribution in [0.5, 0.6) is 0 Å². The summed E-state index contributed by atoms with van der Waals surface area (Å²) in [5.41, 5.74) is -0.524. The molecule has 0 aromatic heterocycles. The van der Waals surface area contributed by atoms with Crippen molar-refractivity contribution >= 4 is 6.09 Å². The van der Waals surface area contributed by atoms with E-state index >= 15 is 0 Å². The minimum absolute atomic E-state index is 0.250. The maximum atomic E-state index is 12.4. The van der Waals surface area contributed by atoms with E-state index in [9.17, 15) is 9.90 Å². The second-order valence-corrected chi connectivity index (χ2v) is 7.84. The van der Waals surface area contributed by atoms with Gasteiger partial charge in [0.1, 0.15) is 5.60 Å². The van der Waals surface area contributed by atoms with Crippen molar-refractivity contribution in [1.82, 2.24) is 4.90 Å². The molecule has 0 aromatic carbocycles. The van der Waals surface area contributed by atoms with E-state index in [0.29, 0.717) is 25.7 Å². The SMILES string of the molecule is CC1CCCC(C(O)C2COCCN2C(=O)OC(C)(C)C)C1. The fourth-order valence-electron chi connectivity index (χ4n) is 3.56. The van der Waals surface area contributed by atoms with Crippen LogP contribution in [-0.4, -0.2) is 53.6 Å². The van der Waals surface area contributed by atoms with Crippen LogP contribution in [0.4, 0.5) is 4.79 Å². The average molecular weight is 313 g/mol. The van der Waals surface area contributed by atoms with E-state index in [1.165, 1.54) is 6.42 Å². The predicted molar refractivity (Wildman–Crippen MR) is 84.7 cm³/mol. The van der Waals surface area contributed by atoms with E-state index in [1.54, 1.807) is 4.90 Å². The van der Waals surface area contributed by atoms with Crippen LogP contribution < -0.4 is 0 Å². The van der Waals surface area contributed by atoms with Gasteiger partial charge in [-0.25, -0.2) is 4.79 Å². The lowest BCUT2D eigenvalue weighted by molar-refractivity contribution is -0.0847. The maximum absolute atomic E-state index is 12.4. The third-order valence-corrected chi connectivity index (χ3v) is 4.65. The zero-order valence-corrected chi connectivity index (χ0v) is 14.4. The fourth-order valence-corrected chi connectivity index (χ4v) is 3.56. The average Bonchev–Trinajstić information content (AvgIpc) is 2.44. The Morgan fingerprint density at radius 1 is 1.36 bits per heavy atom. The third-order valence-electron chi connectivity index (χ3n) is 4.65. The van der Waals surface area contributed by atoms with Gasteiger partial charge in [-0.15, -0.1) is 0 Å². The summed E-state index contributed by atoms with van der Waals surface area (Å²) in [7, 11) is 0. The molecule has 2 rings (SSSR count). The van der Waals surface area contributed by atoms with Gasteiger partial charge in [-0.3, -0.25) is 4.90 Å². The number of hydrogen-bond donors (Lipinski definition) is 1. The molecule has 0 radical (unpaired) electrons. The minimum atomic E-state index is -0.532. The summed E-state index contributed by atoms with van der Waals surface area (Å²) < 4.78 is 11.0. The van der Waals surface area contributed by atoms with Crippen molar-refractivity contribution in [2.45, 2.75) is 71.1 Å². The van der Waals surface area contributed by atoms with Gasteiger partial charge in [0.15, 0.2) is 0 Å².